The fourth-order valence-corrected chi connectivity index (χ4v) is 3.87. The summed E-state index contributed by atoms with van der Waals surface area (Å²) >= 11 is 0. The van der Waals surface area contributed by atoms with Crippen molar-refractivity contribution in [2.75, 3.05) is 20.8 Å². The molecule has 1 aliphatic heterocycles. The topological polar surface area (TPSA) is 83.5 Å². The van der Waals surface area contributed by atoms with Crippen molar-refractivity contribution in [3.8, 4) is 0 Å². The maximum Gasteiger partial charge on any atom is 0.338 e. The molecule has 144 valence electrons. The van der Waals surface area contributed by atoms with Crippen molar-refractivity contribution < 1.29 is 33.6 Å². The van der Waals surface area contributed by atoms with E-state index in [1.165, 1.54) is 14.2 Å². The van der Waals surface area contributed by atoms with Gasteiger partial charge in [0.1, 0.15) is 11.7 Å². The van der Waals surface area contributed by atoms with E-state index in [-0.39, 0.29) is 12.8 Å². The van der Waals surface area contributed by atoms with Crippen LogP contribution in [0.4, 0.5) is 0 Å². The lowest BCUT2D eigenvalue weighted by molar-refractivity contribution is -0.333. The fraction of sp³-hybridized carbons (Fsp3) is 0.632. The van der Waals surface area contributed by atoms with Gasteiger partial charge in [0, 0.05) is 27.1 Å². The zero-order valence-electron chi connectivity index (χ0n) is 15.6. The second-order valence-corrected chi connectivity index (χ2v) is 7.29. The lowest BCUT2D eigenvalue weighted by Crippen LogP contribution is -2.65. The van der Waals surface area contributed by atoms with Gasteiger partial charge in [-0.2, -0.15) is 0 Å². The average Bonchev–Trinajstić information content (AvgIpc) is 2.90. The summed E-state index contributed by atoms with van der Waals surface area (Å²) in [6.45, 7) is 3.92. The summed E-state index contributed by atoms with van der Waals surface area (Å²) < 4.78 is 28.5. The van der Waals surface area contributed by atoms with Gasteiger partial charge in [-0.05, 0) is 26.0 Å². The highest BCUT2D eigenvalue weighted by Gasteiger charge is 2.62. The minimum absolute atomic E-state index is 0.248. The Morgan fingerprint density at radius 2 is 1.81 bits per heavy atom. The molecule has 7 heteroatoms. The first kappa shape index (κ1) is 19.3. The van der Waals surface area contributed by atoms with Crippen LogP contribution in [0.2, 0.25) is 0 Å². The summed E-state index contributed by atoms with van der Waals surface area (Å²) in [4.78, 5) is 12.6. The number of esters is 1. The largest absolute Gasteiger partial charge is 0.453 e. The Labute approximate surface area is 153 Å². The number of hydrogen-bond donors (Lipinski definition) is 1. The van der Waals surface area contributed by atoms with Crippen molar-refractivity contribution in [2.24, 2.45) is 0 Å². The minimum atomic E-state index is -1.47. The molecule has 1 saturated heterocycles. The molecular formula is C19H26O7. The Balaban J connectivity index is 1.88. The second-order valence-electron chi connectivity index (χ2n) is 7.29. The Bertz CT molecular complexity index is 641. The molecule has 0 amide bonds. The average molecular weight is 366 g/mol. The van der Waals surface area contributed by atoms with Gasteiger partial charge in [-0.3, -0.25) is 0 Å². The van der Waals surface area contributed by atoms with E-state index >= 15 is 0 Å². The molecule has 0 unspecified atom stereocenters. The molecule has 0 radical (unpaired) electrons. The molecule has 2 aliphatic rings. The van der Waals surface area contributed by atoms with Crippen LogP contribution in [-0.2, 0) is 23.7 Å². The third-order valence-electron chi connectivity index (χ3n) is 5.08. The standard InChI is InChI=1S/C19H26O7/c1-17(2)24-12-18(26-17)10-14(20)19(22-3,23-4)15(11-18)25-16(21)13-8-6-5-7-9-13/h5-9,14-15,20H,10-12H2,1-4H3/t14-,15-,18+/m1/s1. The van der Waals surface area contributed by atoms with E-state index in [1.807, 2.05) is 19.9 Å². The predicted octanol–water partition coefficient (Wildman–Crippen LogP) is 1.88. The Hall–Kier alpha value is -1.51. The van der Waals surface area contributed by atoms with E-state index in [9.17, 15) is 9.90 Å². The third kappa shape index (κ3) is 3.37. The van der Waals surface area contributed by atoms with Gasteiger partial charge in [0.25, 0.3) is 0 Å². The van der Waals surface area contributed by atoms with Crippen LogP contribution in [0.3, 0.4) is 0 Å². The Morgan fingerprint density at radius 3 is 2.35 bits per heavy atom. The van der Waals surface area contributed by atoms with Gasteiger partial charge in [-0.25, -0.2) is 4.79 Å². The molecule has 1 saturated carbocycles. The summed E-state index contributed by atoms with van der Waals surface area (Å²) in [6, 6.07) is 8.65. The van der Waals surface area contributed by atoms with Gasteiger partial charge in [-0.1, -0.05) is 18.2 Å². The molecule has 0 bridgehead atoms. The Kier molecular flexibility index (Phi) is 5.11. The predicted molar refractivity (Wildman–Crippen MR) is 91.5 cm³/mol. The van der Waals surface area contributed by atoms with Gasteiger partial charge >= 0.3 is 5.97 Å². The van der Waals surface area contributed by atoms with Gasteiger partial charge in [-0.15, -0.1) is 0 Å². The van der Waals surface area contributed by atoms with Crippen molar-refractivity contribution >= 4 is 5.97 Å². The molecule has 1 aliphatic carbocycles. The molecule has 3 rings (SSSR count). The minimum Gasteiger partial charge on any atom is -0.453 e. The number of methoxy groups -OCH3 is 2. The summed E-state index contributed by atoms with van der Waals surface area (Å²) in [5.74, 6) is -2.75. The van der Waals surface area contributed by atoms with Crippen molar-refractivity contribution in [2.45, 2.75) is 56.1 Å². The molecule has 26 heavy (non-hydrogen) atoms. The van der Waals surface area contributed by atoms with Gasteiger partial charge in [0.15, 0.2) is 11.9 Å². The second kappa shape index (κ2) is 6.90. The first-order valence-electron chi connectivity index (χ1n) is 8.64. The maximum atomic E-state index is 12.6. The quantitative estimate of drug-likeness (QED) is 0.643. The molecule has 1 aromatic carbocycles. The Morgan fingerprint density at radius 1 is 1.15 bits per heavy atom. The van der Waals surface area contributed by atoms with Crippen LogP contribution in [0.15, 0.2) is 30.3 Å². The molecular weight excluding hydrogens is 340 g/mol. The van der Waals surface area contributed by atoms with Crippen LogP contribution >= 0.6 is 0 Å². The van der Waals surface area contributed by atoms with Crippen LogP contribution in [0, 0.1) is 0 Å². The van der Waals surface area contributed by atoms with Gasteiger partial charge in [0.2, 0.25) is 5.79 Å². The number of rotatable bonds is 4. The fourth-order valence-electron chi connectivity index (χ4n) is 3.87. The first-order valence-corrected chi connectivity index (χ1v) is 8.64. The number of carbonyl (C=O) groups excluding carboxylic acids is 1. The summed E-state index contributed by atoms with van der Waals surface area (Å²) in [6.07, 6.45) is -1.39. The highest BCUT2D eigenvalue weighted by molar-refractivity contribution is 5.89. The van der Waals surface area contributed by atoms with Crippen molar-refractivity contribution in [3.05, 3.63) is 35.9 Å². The van der Waals surface area contributed by atoms with E-state index in [2.05, 4.69) is 0 Å². The molecule has 2 fully saturated rings. The maximum absolute atomic E-state index is 12.6. The highest BCUT2D eigenvalue weighted by atomic mass is 16.8. The van der Waals surface area contributed by atoms with Crippen molar-refractivity contribution in [1.29, 1.82) is 0 Å². The zero-order chi connectivity index (χ0) is 19.0. The molecule has 1 aromatic rings. The van der Waals surface area contributed by atoms with Crippen LogP contribution < -0.4 is 0 Å². The number of hydrogen-bond acceptors (Lipinski definition) is 7. The third-order valence-corrected chi connectivity index (χ3v) is 5.08. The number of benzene rings is 1. The van der Waals surface area contributed by atoms with Crippen molar-refractivity contribution in [3.63, 3.8) is 0 Å². The molecule has 7 nitrogen and oxygen atoms in total. The van der Waals surface area contributed by atoms with E-state index in [1.54, 1.807) is 24.3 Å². The molecule has 3 atom stereocenters. The van der Waals surface area contributed by atoms with E-state index in [0.29, 0.717) is 12.2 Å². The normalized spacial score (nSPS) is 32.5. The monoisotopic (exact) mass is 366 g/mol. The number of ether oxygens (including phenoxy) is 5. The van der Waals surface area contributed by atoms with Crippen LogP contribution in [0.1, 0.15) is 37.0 Å². The van der Waals surface area contributed by atoms with Crippen LogP contribution in [0.5, 0.6) is 0 Å². The summed E-state index contributed by atoms with van der Waals surface area (Å²) in [5.41, 5.74) is -0.364. The summed E-state index contributed by atoms with van der Waals surface area (Å²) in [7, 11) is 2.84. The van der Waals surface area contributed by atoms with Crippen molar-refractivity contribution in [1.82, 2.24) is 0 Å². The number of aliphatic hydroxyl groups is 1. The molecule has 1 N–H and O–H groups in total. The van der Waals surface area contributed by atoms with E-state index < -0.39 is 35.4 Å². The molecule has 0 aromatic heterocycles. The van der Waals surface area contributed by atoms with Gasteiger partial charge in [0.05, 0.1) is 12.2 Å². The SMILES string of the molecule is COC1(OC)[C@H](O)C[C@@]2(COC(C)(C)O2)C[C@H]1OC(=O)c1ccccc1. The highest BCUT2D eigenvalue weighted by Crippen LogP contribution is 2.46. The summed E-state index contributed by atoms with van der Waals surface area (Å²) in [5, 5.41) is 10.8. The smallest absolute Gasteiger partial charge is 0.338 e. The number of carbonyl (C=O) groups is 1. The first-order chi connectivity index (χ1) is 12.3. The van der Waals surface area contributed by atoms with Crippen LogP contribution in [-0.4, -0.2) is 61.3 Å². The molecule has 1 spiro atoms. The van der Waals surface area contributed by atoms with E-state index in [0.717, 1.165) is 0 Å². The lowest BCUT2D eigenvalue weighted by Gasteiger charge is -2.49. The zero-order valence-corrected chi connectivity index (χ0v) is 15.6. The molecule has 1 heterocycles. The lowest BCUT2D eigenvalue weighted by atomic mass is 9.77. The number of aliphatic hydroxyl groups excluding tert-OH is 1. The van der Waals surface area contributed by atoms with Crippen LogP contribution in [0.25, 0.3) is 0 Å². The van der Waals surface area contributed by atoms with Gasteiger partial charge < -0.3 is 28.8 Å². The van der Waals surface area contributed by atoms with E-state index in [4.69, 9.17) is 23.7 Å².